The maximum atomic E-state index is 14.0. The number of nitrogens with one attached hydrogen (secondary N) is 2. The highest BCUT2D eigenvalue weighted by molar-refractivity contribution is 6.03. The Morgan fingerprint density at radius 2 is 1.92 bits per heavy atom. The van der Waals surface area contributed by atoms with Crippen LogP contribution < -0.4 is 10.6 Å². The van der Waals surface area contributed by atoms with Gasteiger partial charge >= 0.3 is 6.03 Å². The summed E-state index contributed by atoms with van der Waals surface area (Å²) in [6.07, 6.45) is 2.02. The Morgan fingerprint density at radius 3 is 2.58 bits per heavy atom. The van der Waals surface area contributed by atoms with Crippen molar-refractivity contribution in [1.29, 1.82) is 0 Å². The Labute approximate surface area is 212 Å². The Balaban J connectivity index is 1.72. The molecule has 2 aliphatic rings. The van der Waals surface area contributed by atoms with E-state index in [9.17, 15) is 14.4 Å². The van der Waals surface area contributed by atoms with Crippen LogP contribution in [0.25, 0.3) is 0 Å². The van der Waals surface area contributed by atoms with E-state index < -0.39 is 12.1 Å². The Morgan fingerprint density at radius 1 is 1.17 bits per heavy atom. The molecule has 0 saturated heterocycles. The number of rotatable bonds is 9. The van der Waals surface area contributed by atoms with Crippen LogP contribution in [0.5, 0.6) is 0 Å². The fourth-order valence-corrected chi connectivity index (χ4v) is 4.79. The van der Waals surface area contributed by atoms with Crippen molar-refractivity contribution in [3.63, 3.8) is 0 Å². The minimum absolute atomic E-state index is 0.185. The Hall–Kier alpha value is -3.87. The summed E-state index contributed by atoms with van der Waals surface area (Å²) in [5, 5.41) is 6.02. The lowest BCUT2D eigenvalue weighted by molar-refractivity contribution is -0.136. The standard InChI is InChI=1S/C29H34N4O3/c1-5-14-32-24-18-33(23(27(34)30-17-19(2)3)16-21-11-7-6-8-12-21)28(35)25(24)26(31-29(32)36)22-13-9-10-20(4)15-22/h5-13,15,19,23,26H,1,14,16-18H2,2-4H3,(H,30,34)(H,31,36)/t23-,26+/m1/s1. The SMILES string of the molecule is C=CCN1C(=O)N[C@@H](c2cccc(C)c2)C2=C1CN([C@H](Cc1ccccc1)C(=O)NCC(C)C)C2=O. The number of amides is 4. The average molecular weight is 487 g/mol. The minimum atomic E-state index is -0.705. The topological polar surface area (TPSA) is 81.8 Å². The lowest BCUT2D eigenvalue weighted by atomic mass is 9.94. The predicted octanol–water partition coefficient (Wildman–Crippen LogP) is 3.73. The van der Waals surface area contributed by atoms with Crippen LogP contribution in [0.15, 0.2) is 78.5 Å². The maximum absolute atomic E-state index is 14.0. The van der Waals surface area contributed by atoms with Gasteiger partial charge in [0.25, 0.3) is 5.91 Å². The van der Waals surface area contributed by atoms with E-state index in [4.69, 9.17) is 0 Å². The van der Waals surface area contributed by atoms with Gasteiger partial charge in [0, 0.05) is 19.5 Å². The van der Waals surface area contributed by atoms with Gasteiger partial charge in [-0.2, -0.15) is 0 Å². The molecule has 4 rings (SSSR count). The van der Waals surface area contributed by atoms with Crippen molar-refractivity contribution in [2.24, 2.45) is 5.92 Å². The lowest BCUT2D eigenvalue weighted by Gasteiger charge is -2.33. The van der Waals surface area contributed by atoms with E-state index in [1.807, 2.05) is 75.4 Å². The van der Waals surface area contributed by atoms with Crippen LogP contribution >= 0.6 is 0 Å². The molecule has 0 spiro atoms. The molecule has 36 heavy (non-hydrogen) atoms. The number of aryl methyl sites for hydroxylation is 1. The fraction of sp³-hybridized carbons (Fsp3) is 0.345. The molecular formula is C29H34N4O3. The van der Waals surface area contributed by atoms with E-state index >= 15 is 0 Å². The summed E-state index contributed by atoms with van der Waals surface area (Å²) < 4.78 is 0. The molecule has 2 aromatic rings. The second-order valence-corrected chi connectivity index (χ2v) is 9.83. The lowest BCUT2D eigenvalue weighted by Crippen LogP contribution is -2.50. The molecule has 0 saturated carbocycles. The quantitative estimate of drug-likeness (QED) is 0.530. The molecule has 0 radical (unpaired) electrons. The molecule has 4 amide bonds. The number of hydrogen-bond acceptors (Lipinski definition) is 3. The molecule has 0 fully saturated rings. The summed E-state index contributed by atoms with van der Waals surface area (Å²) >= 11 is 0. The molecule has 7 heteroatoms. The summed E-state index contributed by atoms with van der Waals surface area (Å²) in [7, 11) is 0. The van der Waals surface area contributed by atoms with Crippen molar-refractivity contribution in [3.8, 4) is 0 Å². The van der Waals surface area contributed by atoms with E-state index in [1.165, 1.54) is 0 Å². The van der Waals surface area contributed by atoms with Gasteiger partial charge in [-0.05, 0) is 24.0 Å². The molecule has 2 heterocycles. The van der Waals surface area contributed by atoms with E-state index in [0.717, 1.165) is 16.7 Å². The van der Waals surface area contributed by atoms with E-state index in [0.29, 0.717) is 24.2 Å². The van der Waals surface area contributed by atoms with Crippen LogP contribution in [-0.4, -0.2) is 53.3 Å². The van der Waals surface area contributed by atoms with E-state index in [2.05, 4.69) is 17.2 Å². The smallest absolute Gasteiger partial charge is 0.322 e. The second kappa shape index (κ2) is 10.8. The van der Waals surface area contributed by atoms with Gasteiger partial charge in [0.1, 0.15) is 6.04 Å². The van der Waals surface area contributed by atoms with E-state index in [1.54, 1.807) is 15.9 Å². The zero-order valence-electron chi connectivity index (χ0n) is 21.2. The first-order valence-corrected chi connectivity index (χ1v) is 12.4. The maximum Gasteiger partial charge on any atom is 0.322 e. The van der Waals surface area contributed by atoms with Crippen molar-refractivity contribution in [1.82, 2.24) is 20.4 Å². The van der Waals surface area contributed by atoms with Gasteiger partial charge in [-0.15, -0.1) is 6.58 Å². The molecule has 7 nitrogen and oxygen atoms in total. The van der Waals surface area contributed by atoms with E-state index in [-0.39, 0.29) is 36.9 Å². The van der Waals surface area contributed by atoms with Crippen LogP contribution in [0.1, 0.15) is 36.6 Å². The molecule has 0 bridgehead atoms. The van der Waals surface area contributed by atoms with Gasteiger partial charge in [-0.25, -0.2) is 4.79 Å². The van der Waals surface area contributed by atoms with Crippen molar-refractivity contribution in [2.45, 2.75) is 39.3 Å². The predicted molar refractivity (Wildman–Crippen MR) is 140 cm³/mol. The Kier molecular flexibility index (Phi) is 7.58. The van der Waals surface area contributed by atoms with Gasteiger partial charge in [-0.3, -0.25) is 14.5 Å². The van der Waals surface area contributed by atoms with Gasteiger partial charge in [0.2, 0.25) is 5.91 Å². The van der Waals surface area contributed by atoms with Gasteiger partial charge in [-0.1, -0.05) is 80.1 Å². The molecule has 0 aromatic heterocycles. The molecular weight excluding hydrogens is 452 g/mol. The van der Waals surface area contributed by atoms with Gasteiger partial charge < -0.3 is 15.5 Å². The van der Waals surface area contributed by atoms with Crippen molar-refractivity contribution in [3.05, 3.63) is 95.2 Å². The third-order valence-corrected chi connectivity index (χ3v) is 6.57. The Bertz CT molecular complexity index is 1190. The van der Waals surface area contributed by atoms with Crippen LogP contribution in [0.3, 0.4) is 0 Å². The normalized spacial score (nSPS) is 18.3. The first kappa shape index (κ1) is 25.2. The van der Waals surface area contributed by atoms with Gasteiger partial charge in [0.15, 0.2) is 0 Å². The number of carbonyl (C=O) groups is 3. The molecule has 2 atom stereocenters. The number of nitrogens with zero attached hydrogens (tertiary/aromatic N) is 2. The largest absolute Gasteiger partial charge is 0.354 e. The summed E-state index contributed by atoms with van der Waals surface area (Å²) in [6, 6.07) is 15.9. The highest BCUT2D eigenvalue weighted by Gasteiger charge is 2.46. The molecule has 2 aromatic carbocycles. The summed E-state index contributed by atoms with van der Waals surface area (Å²) in [5.74, 6) is -0.142. The van der Waals surface area contributed by atoms with Crippen molar-refractivity contribution < 1.29 is 14.4 Å². The fourth-order valence-electron chi connectivity index (χ4n) is 4.79. The van der Waals surface area contributed by atoms with Crippen LogP contribution in [0.2, 0.25) is 0 Å². The third-order valence-electron chi connectivity index (χ3n) is 6.57. The number of urea groups is 1. The van der Waals surface area contributed by atoms with Crippen LogP contribution in [0.4, 0.5) is 4.79 Å². The van der Waals surface area contributed by atoms with Gasteiger partial charge in [0.05, 0.1) is 23.9 Å². The first-order chi connectivity index (χ1) is 17.3. The molecule has 0 unspecified atom stereocenters. The average Bonchev–Trinajstić information content (AvgIpc) is 3.20. The summed E-state index contributed by atoms with van der Waals surface area (Å²) in [6.45, 7) is 10.8. The molecule has 2 aliphatic heterocycles. The highest BCUT2D eigenvalue weighted by atomic mass is 16.2. The van der Waals surface area contributed by atoms with Crippen molar-refractivity contribution in [2.75, 3.05) is 19.6 Å². The van der Waals surface area contributed by atoms with Crippen LogP contribution in [0, 0.1) is 12.8 Å². The third kappa shape index (κ3) is 5.20. The monoisotopic (exact) mass is 486 g/mol. The zero-order chi connectivity index (χ0) is 25.8. The van der Waals surface area contributed by atoms with Crippen LogP contribution in [-0.2, 0) is 16.0 Å². The molecule has 188 valence electrons. The molecule has 0 aliphatic carbocycles. The highest BCUT2D eigenvalue weighted by Crippen LogP contribution is 2.37. The number of hydrogen-bond donors (Lipinski definition) is 2. The summed E-state index contributed by atoms with van der Waals surface area (Å²) in [4.78, 5) is 43.7. The minimum Gasteiger partial charge on any atom is -0.354 e. The van der Waals surface area contributed by atoms with Crippen molar-refractivity contribution >= 4 is 17.8 Å². The molecule has 2 N–H and O–H groups in total. The second-order valence-electron chi connectivity index (χ2n) is 9.83. The first-order valence-electron chi connectivity index (χ1n) is 12.4. The zero-order valence-corrected chi connectivity index (χ0v) is 21.2. The summed E-state index contributed by atoms with van der Waals surface area (Å²) in [5.41, 5.74) is 3.98. The number of benzene rings is 2. The number of carbonyl (C=O) groups excluding carboxylic acids is 3.